The number of hydrogen-bond acceptors (Lipinski definition) is 6. The van der Waals surface area contributed by atoms with Crippen LogP contribution in [0.2, 0.25) is 0 Å². The molecule has 0 aliphatic heterocycles. The molecule has 0 saturated heterocycles. The SMILES string of the molecule is COc1ccc(-c2cnn(CC(=O)Nc3ccn(Cc4ccccc4)n3)c2)nn1. The standard InChI is InChI=1S/C20H19N7O2/c1-29-20-8-7-17(23-24-20)16-11-21-27(13-16)14-19(28)22-18-9-10-26(25-18)12-15-5-3-2-4-6-15/h2-11,13H,12,14H2,1H3,(H,22,25,28). The summed E-state index contributed by atoms with van der Waals surface area (Å²) in [5.41, 5.74) is 2.55. The van der Waals surface area contributed by atoms with Crippen molar-refractivity contribution >= 4 is 11.7 Å². The molecule has 29 heavy (non-hydrogen) atoms. The summed E-state index contributed by atoms with van der Waals surface area (Å²) in [6, 6.07) is 15.3. The molecule has 0 spiro atoms. The number of hydrogen-bond donors (Lipinski definition) is 1. The smallest absolute Gasteiger partial charge is 0.247 e. The Morgan fingerprint density at radius 2 is 1.93 bits per heavy atom. The molecule has 3 aromatic heterocycles. The van der Waals surface area contributed by atoms with E-state index in [0.29, 0.717) is 23.9 Å². The molecule has 1 amide bonds. The number of benzene rings is 1. The number of amides is 1. The van der Waals surface area contributed by atoms with Crippen molar-refractivity contribution in [3.63, 3.8) is 0 Å². The normalized spacial score (nSPS) is 10.7. The van der Waals surface area contributed by atoms with Crippen LogP contribution in [-0.2, 0) is 17.9 Å². The molecule has 0 aliphatic rings. The minimum atomic E-state index is -0.217. The molecule has 0 radical (unpaired) electrons. The third-order valence-electron chi connectivity index (χ3n) is 4.18. The van der Waals surface area contributed by atoms with Gasteiger partial charge in [-0.25, -0.2) is 0 Å². The van der Waals surface area contributed by atoms with Gasteiger partial charge in [-0.1, -0.05) is 30.3 Å². The fourth-order valence-electron chi connectivity index (χ4n) is 2.78. The number of ether oxygens (including phenoxy) is 1. The molecule has 0 saturated carbocycles. The van der Waals surface area contributed by atoms with E-state index in [0.717, 1.165) is 11.1 Å². The van der Waals surface area contributed by atoms with E-state index in [1.807, 2.05) is 36.5 Å². The minimum Gasteiger partial charge on any atom is -0.480 e. The van der Waals surface area contributed by atoms with Gasteiger partial charge in [0, 0.05) is 30.1 Å². The number of carbonyl (C=O) groups excluding carboxylic acids is 1. The van der Waals surface area contributed by atoms with Gasteiger partial charge in [-0.2, -0.15) is 10.2 Å². The van der Waals surface area contributed by atoms with E-state index in [-0.39, 0.29) is 12.5 Å². The molecule has 3 heterocycles. The second kappa shape index (κ2) is 8.34. The van der Waals surface area contributed by atoms with Crippen molar-refractivity contribution < 1.29 is 9.53 Å². The zero-order valence-corrected chi connectivity index (χ0v) is 15.8. The van der Waals surface area contributed by atoms with Crippen LogP contribution in [-0.4, -0.2) is 42.8 Å². The van der Waals surface area contributed by atoms with Crippen LogP contribution in [0.5, 0.6) is 5.88 Å². The Morgan fingerprint density at radius 1 is 1.07 bits per heavy atom. The second-order valence-corrected chi connectivity index (χ2v) is 6.32. The molecule has 0 fully saturated rings. The zero-order chi connectivity index (χ0) is 20.1. The third-order valence-corrected chi connectivity index (χ3v) is 4.18. The Kier molecular flexibility index (Phi) is 5.28. The molecular formula is C20H19N7O2. The molecule has 4 rings (SSSR count). The van der Waals surface area contributed by atoms with E-state index < -0.39 is 0 Å². The van der Waals surface area contributed by atoms with Crippen molar-refractivity contribution in [2.24, 2.45) is 0 Å². The number of anilines is 1. The number of nitrogens with zero attached hydrogens (tertiary/aromatic N) is 6. The number of nitrogens with one attached hydrogen (secondary N) is 1. The highest BCUT2D eigenvalue weighted by Crippen LogP contribution is 2.16. The molecule has 9 nitrogen and oxygen atoms in total. The third kappa shape index (κ3) is 4.64. The summed E-state index contributed by atoms with van der Waals surface area (Å²) in [4.78, 5) is 12.3. The van der Waals surface area contributed by atoms with Gasteiger partial charge in [0.1, 0.15) is 6.54 Å². The van der Waals surface area contributed by atoms with Crippen LogP contribution < -0.4 is 10.1 Å². The molecule has 9 heteroatoms. The van der Waals surface area contributed by atoms with Gasteiger partial charge in [0.15, 0.2) is 5.82 Å². The molecular weight excluding hydrogens is 370 g/mol. The lowest BCUT2D eigenvalue weighted by molar-refractivity contribution is -0.116. The van der Waals surface area contributed by atoms with Crippen molar-refractivity contribution in [3.05, 3.63) is 72.7 Å². The van der Waals surface area contributed by atoms with Crippen LogP contribution in [0.4, 0.5) is 5.82 Å². The largest absolute Gasteiger partial charge is 0.480 e. The Bertz CT molecular complexity index is 1090. The van der Waals surface area contributed by atoms with Crippen LogP contribution in [0.25, 0.3) is 11.3 Å². The summed E-state index contributed by atoms with van der Waals surface area (Å²) in [5.74, 6) is 0.719. The van der Waals surface area contributed by atoms with Gasteiger partial charge in [-0.3, -0.25) is 14.2 Å². The lowest BCUT2D eigenvalue weighted by Gasteiger charge is -2.03. The predicted molar refractivity (Wildman–Crippen MR) is 106 cm³/mol. The number of rotatable bonds is 7. The van der Waals surface area contributed by atoms with Crippen LogP contribution >= 0.6 is 0 Å². The predicted octanol–water partition coefficient (Wildman–Crippen LogP) is 2.23. The summed E-state index contributed by atoms with van der Waals surface area (Å²) < 4.78 is 8.32. The number of carbonyl (C=O) groups is 1. The van der Waals surface area contributed by atoms with E-state index in [1.54, 1.807) is 35.3 Å². The van der Waals surface area contributed by atoms with Crippen LogP contribution in [0.1, 0.15) is 5.56 Å². The maximum Gasteiger partial charge on any atom is 0.247 e. The number of aromatic nitrogens is 6. The van der Waals surface area contributed by atoms with Crippen molar-refractivity contribution in [1.29, 1.82) is 0 Å². The first-order valence-corrected chi connectivity index (χ1v) is 8.97. The Labute approximate surface area is 167 Å². The van der Waals surface area contributed by atoms with E-state index in [1.165, 1.54) is 11.8 Å². The maximum atomic E-state index is 12.3. The fourth-order valence-corrected chi connectivity index (χ4v) is 2.78. The van der Waals surface area contributed by atoms with Crippen molar-refractivity contribution in [3.8, 4) is 17.1 Å². The summed E-state index contributed by atoms with van der Waals surface area (Å²) in [5, 5.41) is 19.4. The topological polar surface area (TPSA) is 99.8 Å². The first-order valence-electron chi connectivity index (χ1n) is 8.97. The van der Waals surface area contributed by atoms with Crippen molar-refractivity contribution in [1.82, 2.24) is 29.8 Å². The summed E-state index contributed by atoms with van der Waals surface area (Å²) in [7, 11) is 1.53. The quantitative estimate of drug-likeness (QED) is 0.520. The maximum absolute atomic E-state index is 12.3. The van der Waals surface area contributed by atoms with Crippen LogP contribution in [0.15, 0.2) is 67.1 Å². The molecule has 0 atom stereocenters. The second-order valence-electron chi connectivity index (χ2n) is 6.32. The fraction of sp³-hybridized carbons (Fsp3) is 0.150. The lowest BCUT2D eigenvalue weighted by Crippen LogP contribution is -2.19. The molecule has 0 bridgehead atoms. The summed E-state index contributed by atoms with van der Waals surface area (Å²) in [6.45, 7) is 0.706. The average molecular weight is 389 g/mol. The highest BCUT2D eigenvalue weighted by atomic mass is 16.5. The van der Waals surface area contributed by atoms with Gasteiger partial charge >= 0.3 is 0 Å². The monoisotopic (exact) mass is 389 g/mol. The van der Waals surface area contributed by atoms with Crippen molar-refractivity contribution in [2.75, 3.05) is 12.4 Å². The Balaban J connectivity index is 1.35. The molecule has 1 N–H and O–H groups in total. The van der Waals surface area contributed by atoms with Crippen molar-refractivity contribution in [2.45, 2.75) is 13.1 Å². The zero-order valence-electron chi connectivity index (χ0n) is 15.8. The lowest BCUT2D eigenvalue weighted by atomic mass is 10.2. The van der Waals surface area contributed by atoms with Gasteiger partial charge in [0.2, 0.25) is 11.8 Å². The van der Waals surface area contributed by atoms with E-state index in [9.17, 15) is 4.79 Å². The number of methoxy groups -OCH3 is 1. The van der Waals surface area contributed by atoms with Gasteiger partial charge in [-0.05, 0) is 11.6 Å². The van der Waals surface area contributed by atoms with Gasteiger partial charge in [-0.15, -0.1) is 10.2 Å². The molecule has 0 unspecified atom stereocenters. The van der Waals surface area contributed by atoms with Gasteiger partial charge < -0.3 is 10.1 Å². The van der Waals surface area contributed by atoms with E-state index in [2.05, 4.69) is 25.7 Å². The molecule has 1 aromatic carbocycles. The summed E-state index contributed by atoms with van der Waals surface area (Å²) >= 11 is 0. The van der Waals surface area contributed by atoms with E-state index in [4.69, 9.17) is 4.74 Å². The highest BCUT2D eigenvalue weighted by molar-refractivity contribution is 5.89. The Morgan fingerprint density at radius 3 is 2.69 bits per heavy atom. The first-order chi connectivity index (χ1) is 14.2. The van der Waals surface area contributed by atoms with Gasteiger partial charge in [0.25, 0.3) is 0 Å². The van der Waals surface area contributed by atoms with E-state index >= 15 is 0 Å². The van der Waals surface area contributed by atoms with Gasteiger partial charge in [0.05, 0.1) is 25.5 Å². The minimum absolute atomic E-state index is 0.0646. The molecule has 4 aromatic rings. The summed E-state index contributed by atoms with van der Waals surface area (Å²) in [6.07, 6.45) is 5.21. The average Bonchev–Trinajstić information content (AvgIpc) is 3.38. The van der Waals surface area contributed by atoms with Crippen LogP contribution in [0, 0.1) is 0 Å². The molecule has 146 valence electrons. The first kappa shape index (κ1) is 18.4. The van der Waals surface area contributed by atoms with Crippen LogP contribution in [0.3, 0.4) is 0 Å². The Hall–Kier alpha value is -4.01. The molecule has 0 aliphatic carbocycles. The highest BCUT2D eigenvalue weighted by Gasteiger charge is 2.09.